The lowest BCUT2D eigenvalue weighted by Crippen LogP contribution is -2.13. The van der Waals surface area contributed by atoms with E-state index >= 15 is 0 Å². The highest BCUT2D eigenvalue weighted by Crippen LogP contribution is 2.56. The molecule has 0 radical (unpaired) electrons. The smallest absolute Gasteiger partial charge is 0.270 e. The molecule has 0 amide bonds. The highest BCUT2D eigenvalue weighted by atomic mass is 35.5. The van der Waals surface area contributed by atoms with E-state index < -0.39 is 15.9 Å². The monoisotopic (exact) mass is 662 g/mol. The van der Waals surface area contributed by atoms with Crippen LogP contribution < -0.4 is 10.6 Å². The van der Waals surface area contributed by atoms with Gasteiger partial charge in [-0.25, -0.2) is 13.2 Å². The van der Waals surface area contributed by atoms with Gasteiger partial charge in [0.05, 0.1) is 10.7 Å². The Bertz CT molecular complexity index is 1510. The molecule has 0 bridgehead atoms. The van der Waals surface area contributed by atoms with Gasteiger partial charge < -0.3 is 10.6 Å². The molecule has 1 aliphatic rings. The van der Waals surface area contributed by atoms with E-state index in [2.05, 4.69) is 29.7 Å². The van der Waals surface area contributed by atoms with Gasteiger partial charge in [0, 0.05) is 46.6 Å². The molecule has 4 rings (SSSR count). The lowest BCUT2D eigenvalue weighted by Gasteiger charge is -2.19. The predicted octanol–water partition coefficient (Wildman–Crippen LogP) is 12.2. The van der Waals surface area contributed by atoms with Crippen LogP contribution >= 0.6 is 34.8 Å². The summed E-state index contributed by atoms with van der Waals surface area (Å²) in [5.74, 6) is -0.251. The minimum Gasteiger partial charge on any atom is -0.359 e. The maximum absolute atomic E-state index is 13.6. The maximum Gasteiger partial charge on any atom is 0.270 e. The molecular formula is C36H40Cl3F3N2. The molecule has 0 heterocycles. The normalized spacial score (nSPS) is 15.0. The molecule has 0 spiro atoms. The average Bonchev–Trinajstić information content (AvgIpc) is 3.58. The first-order valence-electron chi connectivity index (χ1n) is 14.2. The first-order valence-corrected chi connectivity index (χ1v) is 15.3. The van der Waals surface area contributed by atoms with Crippen LogP contribution in [0.2, 0.25) is 5.02 Å². The number of hydrogen-bond acceptors (Lipinski definition) is 2. The molecule has 1 unspecified atom stereocenters. The van der Waals surface area contributed by atoms with Gasteiger partial charge in [-0.05, 0) is 81.6 Å². The lowest BCUT2D eigenvalue weighted by molar-refractivity contribution is 0.0171. The van der Waals surface area contributed by atoms with Crippen molar-refractivity contribution in [1.82, 2.24) is 0 Å². The van der Waals surface area contributed by atoms with E-state index in [-0.39, 0.29) is 11.5 Å². The third kappa shape index (κ3) is 10.3. The predicted molar refractivity (Wildman–Crippen MR) is 185 cm³/mol. The Morgan fingerprint density at radius 2 is 1.52 bits per heavy atom. The van der Waals surface area contributed by atoms with Gasteiger partial charge in [-0.1, -0.05) is 68.3 Å². The van der Waals surface area contributed by atoms with Gasteiger partial charge in [0.25, 0.3) is 5.92 Å². The molecule has 1 saturated carbocycles. The minimum atomic E-state index is -2.92. The van der Waals surface area contributed by atoms with Gasteiger partial charge in [-0.3, -0.25) is 0 Å². The molecule has 2 nitrogen and oxygen atoms in total. The summed E-state index contributed by atoms with van der Waals surface area (Å²) in [6, 6.07) is 15.6. The molecule has 44 heavy (non-hydrogen) atoms. The summed E-state index contributed by atoms with van der Waals surface area (Å²) >= 11 is 18.6. The highest BCUT2D eigenvalue weighted by Gasteiger charge is 2.53. The number of benzene rings is 3. The van der Waals surface area contributed by atoms with Crippen molar-refractivity contribution >= 4 is 51.9 Å². The second-order valence-electron chi connectivity index (χ2n) is 11.1. The molecule has 1 fully saturated rings. The Morgan fingerprint density at radius 1 is 0.932 bits per heavy atom. The first kappa shape index (κ1) is 37.1. The quantitative estimate of drug-likeness (QED) is 0.185. The topological polar surface area (TPSA) is 24.1 Å². The summed E-state index contributed by atoms with van der Waals surface area (Å²) < 4.78 is 39.1. The van der Waals surface area contributed by atoms with E-state index in [1.165, 1.54) is 26.0 Å². The van der Waals surface area contributed by atoms with Gasteiger partial charge in [-0.2, -0.15) is 0 Å². The fourth-order valence-corrected chi connectivity index (χ4v) is 5.00. The number of aryl methyl sites for hydroxylation is 2. The molecule has 8 heteroatoms. The molecule has 3 aromatic rings. The van der Waals surface area contributed by atoms with E-state index in [9.17, 15) is 13.2 Å². The Morgan fingerprint density at radius 3 is 2.02 bits per heavy atom. The van der Waals surface area contributed by atoms with E-state index in [4.69, 9.17) is 41.2 Å². The molecule has 1 aliphatic carbocycles. The second-order valence-corrected chi connectivity index (χ2v) is 13.0. The molecule has 3 aromatic carbocycles. The van der Waals surface area contributed by atoms with E-state index in [0.29, 0.717) is 22.6 Å². The van der Waals surface area contributed by atoms with Gasteiger partial charge in [0.2, 0.25) is 0 Å². The zero-order valence-electron chi connectivity index (χ0n) is 26.2. The number of hydrogen-bond donors (Lipinski definition) is 2. The van der Waals surface area contributed by atoms with Crippen LogP contribution in [0.25, 0.3) is 5.70 Å². The number of alkyl halides is 5. The van der Waals surface area contributed by atoms with Crippen LogP contribution in [0.1, 0.15) is 74.4 Å². The van der Waals surface area contributed by atoms with Gasteiger partial charge in [0.1, 0.15) is 10.0 Å². The Hall–Kier alpha value is -3.04. The SMILES string of the molecule is C#Cc1ccc(C(=C)Nc2cc(NC(=C)C3CC3(Cl)Cl)ccc2Cl)c(C)c1.CC.Cc1cc(C(C)(C)F)cc(C(C)(F)F)c1. The van der Waals surface area contributed by atoms with Gasteiger partial charge in [-0.15, -0.1) is 29.6 Å². The van der Waals surface area contributed by atoms with Crippen molar-refractivity contribution in [3.63, 3.8) is 0 Å². The average molecular weight is 664 g/mol. The summed E-state index contributed by atoms with van der Waals surface area (Å²) in [5.41, 5.74) is 5.15. The van der Waals surface area contributed by atoms with Crippen molar-refractivity contribution in [3.05, 3.63) is 112 Å². The van der Waals surface area contributed by atoms with Crippen molar-refractivity contribution in [2.75, 3.05) is 10.6 Å². The fourth-order valence-electron chi connectivity index (χ4n) is 4.26. The number of halogens is 6. The van der Waals surface area contributed by atoms with Crippen LogP contribution in [0.3, 0.4) is 0 Å². The van der Waals surface area contributed by atoms with Gasteiger partial charge in [0.15, 0.2) is 0 Å². The molecule has 0 saturated heterocycles. The van der Waals surface area contributed by atoms with Crippen LogP contribution in [0.5, 0.6) is 0 Å². The zero-order chi connectivity index (χ0) is 33.6. The van der Waals surface area contributed by atoms with Gasteiger partial charge >= 0.3 is 0 Å². The van der Waals surface area contributed by atoms with E-state index in [1.807, 2.05) is 57.2 Å². The Balaban J connectivity index is 0.000000337. The maximum atomic E-state index is 13.6. The molecule has 1 atom stereocenters. The largest absolute Gasteiger partial charge is 0.359 e. The molecule has 2 N–H and O–H groups in total. The fraction of sp³-hybridized carbons (Fsp3) is 0.333. The van der Waals surface area contributed by atoms with Crippen molar-refractivity contribution in [2.45, 2.75) is 70.8 Å². The summed E-state index contributed by atoms with van der Waals surface area (Å²) in [7, 11) is 0. The first-order chi connectivity index (χ1) is 20.3. The summed E-state index contributed by atoms with van der Waals surface area (Å²) in [6.07, 6.45) is 6.15. The highest BCUT2D eigenvalue weighted by molar-refractivity contribution is 6.51. The third-order valence-corrected chi connectivity index (χ3v) is 7.96. The van der Waals surface area contributed by atoms with Crippen LogP contribution in [0.4, 0.5) is 24.5 Å². The summed E-state index contributed by atoms with van der Waals surface area (Å²) in [5, 5.41) is 7.12. The van der Waals surface area contributed by atoms with Crippen molar-refractivity contribution in [3.8, 4) is 12.3 Å². The zero-order valence-corrected chi connectivity index (χ0v) is 28.5. The number of nitrogens with one attached hydrogen (secondary N) is 2. The Labute approximate surface area is 275 Å². The standard InChI is InChI=1S/C22H19Cl3N2.C12H15F3.C2H6/c1-5-16-6-8-18(13(2)10-16)14(3)27-21-11-17(7-9-20(21)23)26-15(4)19-12-22(19,24)25;1-8-5-9(11(2,3)13)7-10(6-8)12(4,14)15;1-2/h1,6-11,19,26-27H,3-4,12H2,2H3;5-7H,1-4H3;1-2H3. The van der Waals surface area contributed by atoms with Crippen molar-refractivity contribution < 1.29 is 13.2 Å². The van der Waals surface area contributed by atoms with Crippen LogP contribution in [0.15, 0.2) is 73.5 Å². The number of anilines is 2. The molecular weight excluding hydrogens is 624 g/mol. The minimum absolute atomic E-state index is 0.0419. The number of allylic oxidation sites excluding steroid dienone is 1. The van der Waals surface area contributed by atoms with Crippen LogP contribution in [-0.4, -0.2) is 4.33 Å². The number of rotatable bonds is 8. The lowest BCUT2D eigenvalue weighted by atomic mass is 9.94. The molecule has 0 aliphatic heterocycles. The van der Waals surface area contributed by atoms with E-state index in [1.54, 1.807) is 13.0 Å². The van der Waals surface area contributed by atoms with Crippen molar-refractivity contribution in [1.29, 1.82) is 0 Å². The molecule has 236 valence electrons. The molecule has 0 aromatic heterocycles. The van der Waals surface area contributed by atoms with Crippen molar-refractivity contribution in [2.24, 2.45) is 5.92 Å². The second kappa shape index (κ2) is 14.8. The number of terminal acetylenes is 1. The van der Waals surface area contributed by atoms with Crippen LogP contribution in [0, 0.1) is 32.1 Å². The van der Waals surface area contributed by atoms with E-state index in [0.717, 1.165) is 46.4 Å². The Kier molecular flexibility index (Phi) is 12.5. The third-order valence-electron chi connectivity index (χ3n) is 6.79. The summed E-state index contributed by atoms with van der Waals surface area (Å²) in [4.78, 5) is 0. The van der Waals surface area contributed by atoms with Crippen LogP contribution in [-0.2, 0) is 11.6 Å². The summed E-state index contributed by atoms with van der Waals surface area (Å²) in [6.45, 7) is 19.4.